The van der Waals surface area contributed by atoms with Crippen LogP contribution in [0.15, 0.2) is 40.6 Å². The van der Waals surface area contributed by atoms with Crippen molar-refractivity contribution < 1.29 is 13.5 Å². The normalized spacial score (nSPS) is 14.5. The topological polar surface area (TPSA) is 81.2 Å². The molecule has 1 aliphatic heterocycles. The molecule has 0 aliphatic carbocycles. The van der Waals surface area contributed by atoms with Gasteiger partial charge < -0.3 is 15.0 Å². The van der Waals surface area contributed by atoms with E-state index in [1.807, 2.05) is 6.07 Å². The van der Waals surface area contributed by atoms with Crippen molar-refractivity contribution in [1.29, 1.82) is 5.41 Å². The standard InChI is InChI=1S/C21H19ClF2N4O2S/c22-14-9-26-21(29)17(19(14)27-20-15(23)2-1-3-16(20)24)18(25)12-8-13(31-11-12)10-28-4-6-30-7-5-28/h1-3,8-9,11,25H,4-7,10H2,(H2,26,27,29). The van der Waals surface area contributed by atoms with Crippen molar-refractivity contribution in [3.8, 4) is 0 Å². The molecule has 0 saturated carbocycles. The Bertz CT molecular complexity index is 1150. The van der Waals surface area contributed by atoms with Gasteiger partial charge in [0, 0.05) is 41.7 Å². The van der Waals surface area contributed by atoms with E-state index in [9.17, 15) is 13.6 Å². The van der Waals surface area contributed by atoms with Gasteiger partial charge >= 0.3 is 0 Å². The molecule has 3 heterocycles. The predicted octanol–water partition coefficient (Wildman–Crippen LogP) is 4.36. The monoisotopic (exact) mass is 464 g/mol. The highest BCUT2D eigenvalue weighted by molar-refractivity contribution is 7.10. The van der Waals surface area contributed by atoms with Gasteiger partial charge in [0.2, 0.25) is 0 Å². The molecular formula is C21H19ClF2N4O2S. The summed E-state index contributed by atoms with van der Waals surface area (Å²) in [5.74, 6) is -1.67. The molecule has 2 aromatic heterocycles. The number of ether oxygens (including phenoxy) is 1. The fraction of sp³-hybridized carbons (Fsp3) is 0.238. The SMILES string of the molecule is N=C(c1csc(CN2CCOCC2)c1)c1c(Nc2c(F)cccc2F)c(Cl)c[nH]c1=O. The van der Waals surface area contributed by atoms with Gasteiger partial charge in [0.1, 0.15) is 17.3 Å². The highest BCUT2D eigenvalue weighted by Crippen LogP contribution is 2.31. The Morgan fingerprint density at radius 3 is 2.68 bits per heavy atom. The summed E-state index contributed by atoms with van der Waals surface area (Å²) in [5, 5.41) is 13.0. The van der Waals surface area contributed by atoms with Crippen LogP contribution in [-0.4, -0.2) is 41.9 Å². The molecular weight excluding hydrogens is 446 g/mol. The molecule has 3 N–H and O–H groups in total. The number of morpholine rings is 1. The third-order valence-corrected chi connectivity index (χ3v) is 6.15. The second-order valence-electron chi connectivity index (χ2n) is 7.00. The van der Waals surface area contributed by atoms with Gasteiger partial charge in [-0.25, -0.2) is 8.78 Å². The molecule has 4 rings (SSSR count). The van der Waals surface area contributed by atoms with Crippen molar-refractivity contribution >= 4 is 40.0 Å². The van der Waals surface area contributed by atoms with Crippen LogP contribution in [-0.2, 0) is 11.3 Å². The molecule has 0 bridgehead atoms. The maximum Gasteiger partial charge on any atom is 0.259 e. The summed E-state index contributed by atoms with van der Waals surface area (Å²) >= 11 is 7.71. The second kappa shape index (κ2) is 9.27. The molecule has 1 saturated heterocycles. The fourth-order valence-corrected chi connectivity index (χ4v) is 4.44. The lowest BCUT2D eigenvalue weighted by atomic mass is 10.0. The number of benzene rings is 1. The zero-order chi connectivity index (χ0) is 22.0. The summed E-state index contributed by atoms with van der Waals surface area (Å²) in [7, 11) is 0. The van der Waals surface area contributed by atoms with Crippen LogP contribution in [0.25, 0.3) is 0 Å². The number of rotatable bonds is 6. The van der Waals surface area contributed by atoms with Crippen LogP contribution in [0, 0.1) is 17.0 Å². The van der Waals surface area contributed by atoms with E-state index in [1.165, 1.54) is 23.6 Å². The van der Waals surface area contributed by atoms with Crippen LogP contribution in [0.2, 0.25) is 5.02 Å². The Morgan fingerprint density at radius 2 is 1.97 bits per heavy atom. The van der Waals surface area contributed by atoms with E-state index < -0.39 is 22.9 Å². The van der Waals surface area contributed by atoms with E-state index in [1.54, 1.807) is 5.38 Å². The minimum atomic E-state index is -0.836. The van der Waals surface area contributed by atoms with Crippen molar-refractivity contribution in [3.63, 3.8) is 0 Å². The Hall–Kier alpha value is -2.59. The molecule has 0 spiro atoms. The zero-order valence-electron chi connectivity index (χ0n) is 16.3. The van der Waals surface area contributed by atoms with Gasteiger partial charge in [0.05, 0.1) is 35.2 Å². The van der Waals surface area contributed by atoms with Crippen molar-refractivity contribution in [3.05, 3.63) is 78.9 Å². The first-order chi connectivity index (χ1) is 14.9. The van der Waals surface area contributed by atoms with Crippen LogP contribution < -0.4 is 10.9 Å². The van der Waals surface area contributed by atoms with E-state index in [4.69, 9.17) is 21.7 Å². The first kappa shape index (κ1) is 21.6. The molecule has 0 radical (unpaired) electrons. The quantitative estimate of drug-likeness (QED) is 0.473. The van der Waals surface area contributed by atoms with E-state index in [-0.39, 0.29) is 22.0 Å². The third-order valence-electron chi connectivity index (χ3n) is 4.93. The maximum atomic E-state index is 14.2. The summed E-state index contributed by atoms with van der Waals surface area (Å²) in [6.45, 7) is 3.77. The number of H-pyrrole nitrogens is 1. The number of anilines is 2. The van der Waals surface area contributed by atoms with Gasteiger partial charge in [-0.15, -0.1) is 11.3 Å². The minimum absolute atomic E-state index is 0.0275. The zero-order valence-corrected chi connectivity index (χ0v) is 17.9. The lowest BCUT2D eigenvalue weighted by Gasteiger charge is -2.25. The fourth-order valence-electron chi connectivity index (χ4n) is 3.33. The Balaban J connectivity index is 1.66. The van der Waals surface area contributed by atoms with Gasteiger partial charge in [0.25, 0.3) is 5.56 Å². The average molecular weight is 465 g/mol. The number of aromatic nitrogens is 1. The van der Waals surface area contributed by atoms with E-state index in [0.29, 0.717) is 18.8 Å². The van der Waals surface area contributed by atoms with Crippen molar-refractivity contribution in [2.45, 2.75) is 6.54 Å². The third kappa shape index (κ3) is 4.69. The minimum Gasteiger partial charge on any atom is -0.379 e. The molecule has 3 aromatic rings. The molecule has 1 aromatic carbocycles. The highest BCUT2D eigenvalue weighted by Gasteiger charge is 2.21. The van der Waals surface area contributed by atoms with Gasteiger partial charge in [0.15, 0.2) is 0 Å². The Kier molecular flexibility index (Phi) is 6.47. The Morgan fingerprint density at radius 1 is 1.26 bits per heavy atom. The van der Waals surface area contributed by atoms with Crippen LogP contribution in [0.3, 0.4) is 0 Å². The first-order valence-electron chi connectivity index (χ1n) is 9.53. The van der Waals surface area contributed by atoms with E-state index in [2.05, 4.69) is 15.2 Å². The molecule has 1 aliphatic rings. The van der Waals surface area contributed by atoms with Crippen LogP contribution in [0.4, 0.5) is 20.2 Å². The van der Waals surface area contributed by atoms with Gasteiger partial charge in [-0.1, -0.05) is 17.7 Å². The molecule has 162 valence electrons. The number of para-hydroxylation sites is 1. The average Bonchev–Trinajstić information content (AvgIpc) is 3.22. The molecule has 31 heavy (non-hydrogen) atoms. The van der Waals surface area contributed by atoms with Crippen molar-refractivity contribution in [2.75, 3.05) is 31.6 Å². The number of hydrogen-bond acceptors (Lipinski definition) is 6. The van der Waals surface area contributed by atoms with E-state index in [0.717, 1.165) is 36.6 Å². The van der Waals surface area contributed by atoms with Gasteiger partial charge in [-0.05, 0) is 18.2 Å². The first-order valence-corrected chi connectivity index (χ1v) is 10.8. The Labute approximate surface area is 185 Å². The summed E-state index contributed by atoms with van der Waals surface area (Å²) < 4.78 is 33.7. The summed E-state index contributed by atoms with van der Waals surface area (Å²) in [5.41, 5.74) is -0.714. The smallest absolute Gasteiger partial charge is 0.259 e. The summed E-state index contributed by atoms with van der Waals surface area (Å²) in [6, 6.07) is 5.26. The van der Waals surface area contributed by atoms with Crippen molar-refractivity contribution in [1.82, 2.24) is 9.88 Å². The predicted molar refractivity (Wildman–Crippen MR) is 118 cm³/mol. The molecule has 0 unspecified atom stereocenters. The van der Waals surface area contributed by atoms with Crippen LogP contribution in [0.5, 0.6) is 0 Å². The molecule has 1 fully saturated rings. The van der Waals surface area contributed by atoms with Crippen LogP contribution >= 0.6 is 22.9 Å². The maximum absolute atomic E-state index is 14.2. The van der Waals surface area contributed by atoms with Crippen LogP contribution in [0.1, 0.15) is 16.0 Å². The number of halogens is 3. The number of thiophene rings is 1. The number of nitrogens with zero attached hydrogens (tertiary/aromatic N) is 1. The number of nitrogens with one attached hydrogen (secondary N) is 3. The second-order valence-corrected chi connectivity index (χ2v) is 8.41. The van der Waals surface area contributed by atoms with Gasteiger partial charge in [-0.3, -0.25) is 15.1 Å². The van der Waals surface area contributed by atoms with E-state index >= 15 is 0 Å². The summed E-state index contributed by atoms with van der Waals surface area (Å²) in [4.78, 5) is 18.4. The summed E-state index contributed by atoms with van der Waals surface area (Å²) in [6.07, 6.45) is 1.22. The number of hydrogen-bond donors (Lipinski definition) is 3. The number of pyridine rings is 1. The number of aromatic amines is 1. The largest absolute Gasteiger partial charge is 0.379 e. The molecule has 6 nitrogen and oxygen atoms in total. The lowest BCUT2D eigenvalue weighted by molar-refractivity contribution is 0.0346. The van der Waals surface area contributed by atoms with Gasteiger partial charge in [-0.2, -0.15) is 0 Å². The molecule has 0 atom stereocenters. The molecule has 10 heteroatoms. The molecule has 0 amide bonds. The van der Waals surface area contributed by atoms with Crippen molar-refractivity contribution in [2.24, 2.45) is 0 Å². The highest BCUT2D eigenvalue weighted by atomic mass is 35.5. The lowest BCUT2D eigenvalue weighted by Crippen LogP contribution is -2.35.